The monoisotopic (exact) mass is 544 g/mol. The molecule has 35 heavy (non-hydrogen) atoms. The third kappa shape index (κ3) is 8.28. The summed E-state index contributed by atoms with van der Waals surface area (Å²) in [6, 6.07) is 18.5. The zero-order chi connectivity index (χ0) is 24.5. The Morgan fingerprint density at radius 3 is 1.31 bits per heavy atom. The average molecular weight is 546 g/mol. The van der Waals surface area contributed by atoms with Crippen molar-refractivity contribution in [2.24, 2.45) is 0 Å². The SMILES string of the molecule is CCCCCCc1ccc(C)c2[cH-]c(C)cc12.CCCCCCc1ccc(C)c2[cH-]c(C)cc12.[Zr+2]. The van der Waals surface area contributed by atoms with Gasteiger partial charge in [0, 0.05) is 0 Å². The summed E-state index contributed by atoms with van der Waals surface area (Å²) in [5.41, 5.74) is 8.67. The molecule has 4 rings (SSSR count). The molecular weight excluding hydrogens is 500 g/mol. The van der Waals surface area contributed by atoms with Crippen LogP contribution < -0.4 is 0 Å². The van der Waals surface area contributed by atoms with E-state index in [2.05, 4.69) is 90.1 Å². The van der Waals surface area contributed by atoms with E-state index >= 15 is 0 Å². The van der Waals surface area contributed by atoms with Crippen LogP contribution in [0.4, 0.5) is 0 Å². The molecule has 0 unspecified atom stereocenters. The Kier molecular flexibility index (Phi) is 12.7. The first-order valence-electron chi connectivity index (χ1n) is 13.8. The van der Waals surface area contributed by atoms with Crippen molar-refractivity contribution >= 4 is 21.5 Å². The van der Waals surface area contributed by atoms with Gasteiger partial charge in [0.1, 0.15) is 0 Å². The molecule has 0 heterocycles. The van der Waals surface area contributed by atoms with E-state index in [0.717, 1.165) is 0 Å². The number of rotatable bonds is 10. The molecule has 0 N–H and O–H groups in total. The molecule has 0 saturated heterocycles. The first-order valence-corrected chi connectivity index (χ1v) is 13.8. The summed E-state index contributed by atoms with van der Waals surface area (Å²) < 4.78 is 0. The van der Waals surface area contributed by atoms with Gasteiger partial charge in [-0.3, -0.25) is 0 Å². The van der Waals surface area contributed by atoms with Gasteiger partial charge in [-0.15, -0.1) is 68.1 Å². The summed E-state index contributed by atoms with van der Waals surface area (Å²) in [6.07, 6.45) is 13.2. The Hall–Kier alpha value is -1.46. The number of aryl methyl sites for hydroxylation is 6. The Morgan fingerprint density at radius 2 is 0.943 bits per heavy atom. The quantitative estimate of drug-likeness (QED) is 0.137. The molecule has 0 aliphatic heterocycles. The molecule has 0 atom stereocenters. The van der Waals surface area contributed by atoms with Crippen LogP contribution in [0.3, 0.4) is 0 Å². The fraction of sp³-hybridized carbons (Fsp3) is 0.471. The van der Waals surface area contributed by atoms with E-state index in [4.69, 9.17) is 0 Å². The molecule has 4 aromatic carbocycles. The van der Waals surface area contributed by atoms with E-state index in [1.165, 1.54) is 119 Å². The first kappa shape index (κ1) is 29.8. The first-order chi connectivity index (χ1) is 16.4. The second-order valence-corrected chi connectivity index (χ2v) is 10.4. The van der Waals surface area contributed by atoms with Crippen LogP contribution in [-0.2, 0) is 39.0 Å². The maximum absolute atomic E-state index is 2.34. The van der Waals surface area contributed by atoms with Crippen molar-refractivity contribution in [2.45, 2.75) is 106 Å². The largest absolute Gasteiger partial charge is 2.00 e. The molecule has 0 aliphatic rings. The van der Waals surface area contributed by atoms with E-state index in [9.17, 15) is 0 Å². The molecule has 0 radical (unpaired) electrons. The number of hydrogen-bond acceptors (Lipinski definition) is 0. The zero-order valence-electron chi connectivity index (χ0n) is 23.2. The molecule has 0 amide bonds. The van der Waals surface area contributed by atoms with Gasteiger partial charge >= 0.3 is 26.2 Å². The van der Waals surface area contributed by atoms with Gasteiger partial charge in [0.15, 0.2) is 0 Å². The predicted octanol–water partition coefficient (Wildman–Crippen LogP) is 10.6. The smallest absolute Gasteiger partial charge is 0.165 e. The third-order valence-electron chi connectivity index (χ3n) is 7.28. The van der Waals surface area contributed by atoms with E-state index in [1.807, 2.05) is 0 Å². The summed E-state index contributed by atoms with van der Waals surface area (Å²) in [5, 5.41) is 5.88. The van der Waals surface area contributed by atoms with Gasteiger partial charge in [-0.05, 0) is 12.8 Å². The van der Waals surface area contributed by atoms with Crippen LogP contribution in [0, 0.1) is 27.7 Å². The minimum atomic E-state index is 0. The fourth-order valence-electron chi connectivity index (χ4n) is 5.22. The average Bonchev–Trinajstić information content (AvgIpc) is 3.41. The Labute approximate surface area is 234 Å². The molecule has 0 saturated carbocycles. The van der Waals surface area contributed by atoms with E-state index < -0.39 is 0 Å². The van der Waals surface area contributed by atoms with Gasteiger partial charge < -0.3 is 0 Å². The number of hydrogen-bond donors (Lipinski definition) is 0. The van der Waals surface area contributed by atoms with Gasteiger partial charge in [-0.25, -0.2) is 0 Å². The topological polar surface area (TPSA) is 0 Å². The fourth-order valence-corrected chi connectivity index (χ4v) is 5.22. The van der Waals surface area contributed by atoms with Gasteiger partial charge in [0.25, 0.3) is 0 Å². The summed E-state index contributed by atoms with van der Waals surface area (Å²) in [7, 11) is 0. The minimum absolute atomic E-state index is 0. The number of fused-ring (bicyclic) bond motifs is 2. The second-order valence-electron chi connectivity index (χ2n) is 10.4. The molecule has 0 nitrogen and oxygen atoms in total. The van der Waals surface area contributed by atoms with Crippen LogP contribution in [0.25, 0.3) is 21.5 Å². The van der Waals surface area contributed by atoms with Crippen molar-refractivity contribution in [1.82, 2.24) is 0 Å². The Bertz CT molecular complexity index is 1080. The van der Waals surface area contributed by atoms with E-state index in [-0.39, 0.29) is 26.2 Å². The summed E-state index contributed by atoms with van der Waals surface area (Å²) in [6.45, 7) is 13.3. The standard InChI is InChI=1S/2C17H23.Zr/c2*1-4-5-6-7-8-15-10-9-14(3)16-11-13(2)12-17(15)16;/h2*9-12H,4-8H2,1-3H3;/q2*-1;+2. The predicted molar refractivity (Wildman–Crippen MR) is 154 cm³/mol. The maximum atomic E-state index is 2.34. The van der Waals surface area contributed by atoms with Gasteiger partial charge in [0.05, 0.1) is 0 Å². The Morgan fingerprint density at radius 1 is 0.543 bits per heavy atom. The van der Waals surface area contributed by atoms with Crippen molar-refractivity contribution in [2.75, 3.05) is 0 Å². The molecule has 0 fully saturated rings. The molecule has 186 valence electrons. The molecule has 0 spiro atoms. The van der Waals surface area contributed by atoms with Gasteiger partial charge in [-0.1, -0.05) is 116 Å². The zero-order valence-corrected chi connectivity index (χ0v) is 25.6. The molecular formula is C34H46Zr. The number of unbranched alkanes of at least 4 members (excludes halogenated alkanes) is 6. The second kappa shape index (κ2) is 14.9. The maximum Gasteiger partial charge on any atom is 2.00 e. The van der Waals surface area contributed by atoms with E-state index in [1.54, 1.807) is 0 Å². The molecule has 0 aliphatic carbocycles. The third-order valence-corrected chi connectivity index (χ3v) is 7.28. The van der Waals surface area contributed by atoms with Crippen molar-refractivity contribution in [1.29, 1.82) is 0 Å². The summed E-state index contributed by atoms with van der Waals surface area (Å²) in [4.78, 5) is 0. The van der Waals surface area contributed by atoms with Crippen molar-refractivity contribution in [3.05, 3.63) is 81.9 Å². The van der Waals surface area contributed by atoms with Gasteiger partial charge in [0.2, 0.25) is 0 Å². The van der Waals surface area contributed by atoms with Crippen LogP contribution in [0.15, 0.2) is 48.5 Å². The van der Waals surface area contributed by atoms with Crippen LogP contribution in [0.2, 0.25) is 0 Å². The summed E-state index contributed by atoms with van der Waals surface area (Å²) in [5.74, 6) is 0. The molecule has 4 aromatic rings. The Balaban J connectivity index is 0.000000240. The molecule has 0 aromatic heterocycles. The van der Waals surface area contributed by atoms with Gasteiger partial charge in [-0.2, -0.15) is 12.1 Å². The molecule has 1 heteroatoms. The minimum Gasteiger partial charge on any atom is -0.165 e. The van der Waals surface area contributed by atoms with Crippen LogP contribution in [0.1, 0.15) is 98.6 Å². The van der Waals surface area contributed by atoms with Crippen molar-refractivity contribution in [3.8, 4) is 0 Å². The van der Waals surface area contributed by atoms with E-state index in [0.29, 0.717) is 0 Å². The van der Waals surface area contributed by atoms with Crippen molar-refractivity contribution < 1.29 is 26.2 Å². The van der Waals surface area contributed by atoms with Crippen LogP contribution in [-0.4, -0.2) is 0 Å². The van der Waals surface area contributed by atoms with Crippen LogP contribution in [0.5, 0.6) is 0 Å². The number of benzene rings is 2. The normalized spacial score (nSPS) is 10.9. The summed E-state index contributed by atoms with van der Waals surface area (Å²) >= 11 is 0. The van der Waals surface area contributed by atoms with Crippen LogP contribution >= 0.6 is 0 Å². The van der Waals surface area contributed by atoms with Crippen molar-refractivity contribution in [3.63, 3.8) is 0 Å². The molecule has 0 bridgehead atoms.